The van der Waals surface area contributed by atoms with Crippen molar-refractivity contribution in [2.24, 2.45) is 0 Å². The van der Waals surface area contributed by atoms with Gasteiger partial charge < -0.3 is 9.72 Å². The maximum absolute atomic E-state index is 6.51. The largest absolute Gasteiger partial charge is 0.469 e. The highest BCUT2D eigenvalue weighted by Crippen LogP contribution is 2.32. The molecule has 0 spiro atoms. The van der Waals surface area contributed by atoms with Crippen LogP contribution in [0.15, 0.2) is 72.4 Å². The van der Waals surface area contributed by atoms with E-state index in [2.05, 4.69) is 50.6 Å². The summed E-state index contributed by atoms with van der Waals surface area (Å²) in [4.78, 5) is 8.08. The summed E-state index contributed by atoms with van der Waals surface area (Å²) in [5.41, 5.74) is 3.42. The van der Waals surface area contributed by atoms with Crippen LogP contribution in [0.5, 0.6) is 5.75 Å². The van der Waals surface area contributed by atoms with E-state index in [-0.39, 0.29) is 0 Å². The molecule has 0 radical (unpaired) electrons. The number of alkyl halides is 1. The number of aryl methyl sites for hydroxylation is 2. The van der Waals surface area contributed by atoms with Crippen molar-refractivity contribution >= 4 is 33.8 Å². The number of nitrogens with zero attached hydrogens (tertiary/aromatic N) is 4. The maximum atomic E-state index is 6.51. The van der Waals surface area contributed by atoms with Crippen molar-refractivity contribution in [3.8, 4) is 16.5 Å². The third-order valence-corrected chi connectivity index (χ3v) is 6.46. The molecule has 32 heavy (non-hydrogen) atoms. The number of hydrogen-bond acceptors (Lipinski definition) is 5. The first-order chi connectivity index (χ1) is 15.7. The second-order valence-electron chi connectivity index (χ2n) is 7.55. The zero-order chi connectivity index (χ0) is 21.8. The van der Waals surface area contributed by atoms with Gasteiger partial charge in [-0.05, 0) is 49.1 Å². The number of benzene rings is 2. The van der Waals surface area contributed by atoms with Gasteiger partial charge in [0, 0.05) is 29.0 Å². The van der Waals surface area contributed by atoms with Crippen molar-refractivity contribution in [1.29, 1.82) is 0 Å². The quantitative estimate of drug-likeness (QED) is 0.208. The highest BCUT2D eigenvalue weighted by molar-refractivity contribution is 7.13. The Labute approximate surface area is 194 Å². The molecule has 3 heterocycles. The molecule has 162 valence electrons. The number of rotatable bonds is 9. The molecular weight excluding hydrogens is 442 g/mol. The van der Waals surface area contributed by atoms with Gasteiger partial charge in [0.1, 0.15) is 16.5 Å². The van der Waals surface area contributed by atoms with E-state index in [0.29, 0.717) is 5.69 Å². The van der Waals surface area contributed by atoms with E-state index in [9.17, 15) is 0 Å². The van der Waals surface area contributed by atoms with Crippen molar-refractivity contribution in [2.75, 3.05) is 0 Å². The fourth-order valence-electron chi connectivity index (χ4n) is 3.57. The number of nitrogens with one attached hydrogen (secondary N) is 1. The second-order valence-corrected chi connectivity index (χ2v) is 8.80. The summed E-state index contributed by atoms with van der Waals surface area (Å²) >= 11 is 8.06. The lowest BCUT2D eigenvalue weighted by Crippen LogP contribution is -2.01. The second kappa shape index (κ2) is 9.54. The Kier molecular flexibility index (Phi) is 6.18. The van der Waals surface area contributed by atoms with Crippen LogP contribution in [0, 0.1) is 0 Å². The molecule has 5 aromatic rings. The van der Waals surface area contributed by atoms with E-state index >= 15 is 0 Å². The highest BCUT2D eigenvalue weighted by atomic mass is 35.5. The van der Waals surface area contributed by atoms with E-state index in [1.54, 1.807) is 17.5 Å². The Morgan fingerprint density at radius 3 is 2.78 bits per heavy atom. The Balaban J connectivity index is 1.15. The monoisotopic (exact) mass is 463 g/mol. The number of thiazole rings is 1. The summed E-state index contributed by atoms with van der Waals surface area (Å²) in [6.07, 6.45) is 6.76. The van der Waals surface area contributed by atoms with E-state index in [0.717, 1.165) is 53.2 Å². The van der Waals surface area contributed by atoms with Gasteiger partial charge in [-0.1, -0.05) is 47.1 Å². The lowest BCUT2D eigenvalue weighted by Gasteiger charge is -2.11. The molecule has 1 unspecified atom stereocenters. The summed E-state index contributed by atoms with van der Waals surface area (Å²) in [7, 11) is 0. The van der Waals surface area contributed by atoms with Crippen LogP contribution in [0.2, 0.25) is 0 Å². The minimum absolute atomic E-state index is 0.641. The average Bonchev–Trinajstić information content (AvgIpc) is 3.58. The fourth-order valence-corrected chi connectivity index (χ4v) is 4.67. The zero-order valence-corrected chi connectivity index (χ0v) is 18.9. The first kappa shape index (κ1) is 20.7. The number of hydrogen-bond donors (Lipinski definition) is 1. The number of halogens is 1. The number of unbranched alkanes of at least 4 members (excludes halogenated alkanes) is 1. The Hall–Kier alpha value is -3.16. The molecule has 2 aromatic carbocycles. The first-order valence-corrected chi connectivity index (χ1v) is 11.8. The van der Waals surface area contributed by atoms with Crippen LogP contribution >= 0.6 is 22.9 Å². The van der Waals surface area contributed by atoms with Gasteiger partial charge in [-0.3, -0.25) is 4.68 Å². The molecule has 0 aliphatic heterocycles. The predicted molar refractivity (Wildman–Crippen MR) is 128 cm³/mol. The van der Waals surface area contributed by atoms with Gasteiger partial charge in [-0.2, -0.15) is 0 Å². The molecule has 0 aliphatic rings. The van der Waals surface area contributed by atoms with Gasteiger partial charge >= 0.3 is 0 Å². The SMILES string of the molecule is ClC(Oc1ccc(CCCCn2ccnn2)cc1)c1csc(-c2cc3ccccc3[nH]2)n1. The third kappa shape index (κ3) is 4.84. The van der Waals surface area contributed by atoms with Crippen LogP contribution in [0.3, 0.4) is 0 Å². The minimum Gasteiger partial charge on any atom is -0.469 e. The summed E-state index contributed by atoms with van der Waals surface area (Å²) in [6.45, 7) is 0.892. The molecule has 8 heteroatoms. The smallest absolute Gasteiger partial charge is 0.215 e. The maximum Gasteiger partial charge on any atom is 0.215 e. The lowest BCUT2D eigenvalue weighted by atomic mass is 10.1. The van der Waals surface area contributed by atoms with Crippen LogP contribution in [0.1, 0.15) is 29.7 Å². The van der Waals surface area contributed by atoms with Gasteiger partial charge in [0.15, 0.2) is 0 Å². The standard InChI is InChI=1S/C24H22ClN5OS/c25-23(22-16-32-24(28-22)21-15-18-6-1-2-7-20(18)27-21)31-19-10-8-17(9-11-19)5-3-4-13-30-14-12-26-29-30/h1-2,6-12,14-16,23,27H,3-5,13H2. The molecule has 3 aromatic heterocycles. The normalized spacial score (nSPS) is 12.3. The number of para-hydroxylation sites is 1. The summed E-state index contributed by atoms with van der Waals surface area (Å²) in [5, 5.41) is 11.8. The predicted octanol–water partition coefficient (Wildman–Crippen LogP) is 6.22. The van der Waals surface area contributed by atoms with E-state index < -0.39 is 5.56 Å². The number of ether oxygens (including phenoxy) is 1. The molecule has 0 saturated carbocycles. The Morgan fingerprint density at radius 2 is 1.97 bits per heavy atom. The van der Waals surface area contributed by atoms with Crippen molar-refractivity contribution in [3.63, 3.8) is 0 Å². The van der Waals surface area contributed by atoms with Gasteiger partial charge in [0.05, 0.1) is 11.9 Å². The molecule has 0 amide bonds. The molecule has 0 bridgehead atoms. The fraction of sp³-hybridized carbons (Fsp3) is 0.208. The number of aromatic amines is 1. The van der Waals surface area contributed by atoms with Gasteiger partial charge in [-0.25, -0.2) is 4.98 Å². The number of fused-ring (bicyclic) bond motifs is 1. The van der Waals surface area contributed by atoms with Crippen LogP contribution in [0.25, 0.3) is 21.6 Å². The van der Waals surface area contributed by atoms with E-state index in [1.165, 1.54) is 5.56 Å². The number of H-pyrrole nitrogens is 1. The van der Waals surface area contributed by atoms with Crippen LogP contribution in [-0.2, 0) is 13.0 Å². The van der Waals surface area contributed by atoms with Gasteiger partial charge in [-0.15, -0.1) is 16.4 Å². The van der Waals surface area contributed by atoms with Crippen LogP contribution in [0.4, 0.5) is 0 Å². The Bertz CT molecular complexity index is 1250. The van der Waals surface area contributed by atoms with Crippen molar-refractivity contribution < 1.29 is 4.74 Å². The Morgan fingerprint density at radius 1 is 1.09 bits per heavy atom. The van der Waals surface area contributed by atoms with Crippen molar-refractivity contribution in [1.82, 2.24) is 25.0 Å². The van der Waals surface area contributed by atoms with Gasteiger partial charge in [0.2, 0.25) is 5.56 Å². The van der Waals surface area contributed by atoms with Crippen molar-refractivity contribution in [2.45, 2.75) is 31.4 Å². The summed E-state index contributed by atoms with van der Waals surface area (Å²) < 4.78 is 7.78. The van der Waals surface area contributed by atoms with Gasteiger partial charge in [0.25, 0.3) is 0 Å². The first-order valence-electron chi connectivity index (χ1n) is 10.5. The molecule has 0 saturated heterocycles. The lowest BCUT2D eigenvalue weighted by molar-refractivity contribution is 0.284. The zero-order valence-electron chi connectivity index (χ0n) is 17.3. The average molecular weight is 464 g/mol. The minimum atomic E-state index is -0.641. The number of aromatic nitrogens is 5. The third-order valence-electron chi connectivity index (χ3n) is 5.25. The topological polar surface area (TPSA) is 68.6 Å². The molecule has 5 rings (SSSR count). The van der Waals surface area contributed by atoms with E-state index in [1.807, 2.05) is 40.5 Å². The van der Waals surface area contributed by atoms with Crippen LogP contribution in [-0.4, -0.2) is 25.0 Å². The molecular formula is C24H22ClN5OS. The summed E-state index contributed by atoms with van der Waals surface area (Å²) in [5.74, 6) is 0.733. The molecule has 0 aliphatic carbocycles. The van der Waals surface area contributed by atoms with Crippen molar-refractivity contribution in [3.05, 3.63) is 83.6 Å². The molecule has 0 fully saturated rings. The molecule has 1 atom stereocenters. The van der Waals surface area contributed by atoms with Crippen LogP contribution < -0.4 is 4.74 Å². The molecule has 1 N–H and O–H groups in total. The van der Waals surface area contributed by atoms with E-state index in [4.69, 9.17) is 16.3 Å². The summed E-state index contributed by atoms with van der Waals surface area (Å²) in [6, 6.07) is 18.4. The molecule has 6 nitrogen and oxygen atoms in total. The highest BCUT2D eigenvalue weighted by Gasteiger charge is 2.16.